The molecule has 28 heavy (non-hydrogen) atoms. The van der Waals surface area contributed by atoms with Gasteiger partial charge in [-0.1, -0.05) is 74.5 Å². The molecule has 0 spiro atoms. The summed E-state index contributed by atoms with van der Waals surface area (Å²) in [6.45, 7) is 3.99. The van der Waals surface area contributed by atoms with Crippen molar-refractivity contribution in [2.75, 3.05) is 7.11 Å². The van der Waals surface area contributed by atoms with E-state index in [0.717, 1.165) is 16.3 Å². The normalized spacial score (nSPS) is 13.1. The maximum Gasteiger partial charge on any atom is 0.315 e. The van der Waals surface area contributed by atoms with Gasteiger partial charge >= 0.3 is 5.97 Å². The molecule has 0 aliphatic heterocycles. The summed E-state index contributed by atoms with van der Waals surface area (Å²) in [6.07, 6.45) is 0. The van der Waals surface area contributed by atoms with Crippen molar-refractivity contribution < 1.29 is 14.3 Å². The quantitative estimate of drug-likeness (QED) is 0.643. The predicted octanol–water partition coefficient (Wildman–Crippen LogP) is 4.55. The molecule has 0 saturated heterocycles. The molecule has 0 saturated carbocycles. The Balaban J connectivity index is 2.05. The Morgan fingerprint density at radius 1 is 0.857 bits per heavy atom. The van der Waals surface area contributed by atoms with Crippen LogP contribution in [0.2, 0.25) is 0 Å². The molecule has 0 aliphatic rings. The van der Waals surface area contributed by atoms with Crippen LogP contribution in [0.25, 0.3) is 10.8 Å². The number of methoxy groups -OCH3 is 1. The van der Waals surface area contributed by atoms with Crippen LogP contribution in [0.4, 0.5) is 0 Å². The van der Waals surface area contributed by atoms with Crippen molar-refractivity contribution in [3.63, 3.8) is 0 Å². The van der Waals surface area contributed by atoms with Crippen LogP contribution in [0.3, 0.4) is 0 Å². The minimum Gasteiger partial charge on any atom is -0.468 e. The number of fused-ring (bicyclic) bond motifs is 1. The molecule has 0 aliphatic carbocycles. The highest BCUT2D eigenvalue weighted by Crippen LogP contribution is 2.32. The number of amides is 1. The molecule has 2 atom stereocenters. The highest BCUT2D eigenvalue weighted by atomic mass is 16.5. The summed E-state index contributed by atoms with van der Waals surface area (Å²) in [5.74, 6) is -1.14. The van der Waals surface area contributed by atoms with Crippen molar-refractivity contribution in [2.24, 2.45) is 5.92 Å². The number of nitrogens with one attached hydrogen (secondary N) is 1. The Morgan fingerprint density at radius 2 is 1.50 bits per heavy atom. The van der Waals surface area contributed by atoms with Gasteiger partial charge in [-0.25, -0.2) is 0 Å². The lowest BCUT2D eigenvalue weighted by atomic mass is 9.82. The monoisotopic (exact) mass is 375 g/mol. The number of carbonyl (C=O) groups excluding carboxylic acids is 2. The molecule has 3 aromatic carbocycles. The Labute approximate surface area is 165 Å². The molecule has 2 unspecified atom stereocenters. The fourth-order valence-electron chi connectivity index (χ4n) is 3.57. The Kier molecular flexibility index (Phi) is 6.09. The third-order valence-electron chi connectivity index (χ3n) is 5.02. The van der Waals surface area contributed by atoms with Gasteiger partial charge in [-0.05, 0) is 34.4 Å². The SMILES string of the molecule is COC(=O)C(c1cccc2ccccc12)C(NC(=O)c1ccccc1)C(C)C. The van der Waals surface area contributed by atoms with Crippen LogP contribution in [0.15, 0.2) is 72.8 Å². The van der Waals surface area contributed by atoms with E-state index in [4.69, 9.17) is 4.74 Å². The first-order valence-corrected chi connectivity index (χ1v) is 9.44. The molecule has 0 fully saturated rings. The molecule has 0 radical (unpaired) electrons. The molecule has 0 bridgehead atoms. The summed E-state index contributed by atoms with van der Waals surface area (Å²) < 4.78 is 5.14. The molecule has 3 rings (SSSR count). The van der Waals surface area contributed by atoms with Crippen LogP contribution >= 0.6 is 0 Å². The number of esters is 1. The Bertz CT molecular complexity index is 961. The highest BCUT2D eigenvalue weighted by molar-refractivity contribution is 5.96. The van der Waals surface area contributed by atoms with E-state index in [1.54, 1.807) is 12.1 Å². The van der Waals surface area contributed by atoms with E-state index in [2.05, 4.69) is 5.32 Å². The summed E-state index contributed by atoms with van der Waals surface area (Å²) >= 11 is 0. The summed E-state index contributed by atoms with van der Waals surface area (Å²) in [5.41, 5.74) is 1.42. The van der Waals surface area contributed by atoms with Crippen LogP contribution in [-0.4, -0.2) is 25.0 Å². The first-order chi connectivity index (χ1) is 13.5. The van der Waals surface area contributed by atoms with Crippen molar-refractivity contribution in [1.29, 1.82) is 0 Å². The molecule has 0 aromatic heterocycles. The number of ether oxygens (including phenoxy) is 1. The van der Waals surface area contributed by atoms with E-state index in [0.29, 0.717) is 5.56 Å². The van der Waals surface area contributed by atoms with Crippen molar-refractivity contribution in [2.45, 2.75) is 25.8 Å². The first-order valence-electron chi connectivity index (χ1n) is 9.44. The van der Waals surface area contributed by atoms with E-state index < -0.39 is 12.0 Å². The molecule has 1 N–H and O–H groups in total. The van der Waals surface area contributed by atoms with E-state index in [1.165, 1.54) is 7.11 Å². The maximum atomic E-state index is 12.8. The van der Waals surface area contributed by atoms with Gasteiger partial charge in [0.15, 0.2) is 0 Å². The number of carbonyl (C=O) groups is 2. The van der Waals surface area contributed by atoms with Crippen LogP contribution in [0.1, 0.15) is 35.7 Å². The van der Waals surface area contributed by atoms with Gasteiger partial charge in [0, 0.05) is 11.6 Å². The molecular weight excluding hydrogens is 350 g/mol. The van der Waals surface area contributed by atoms with Crippen LogP contribution in [0.5, 0.6) is 0 Å². The summed E-state index contributed by atoms with van der Waals surface area (Å²) in [7, 11) is 1.39. The van der Waals surface area contributed by atoms with E-state index >= 15 is 0 Å². The second-order valence-corrected chi connectivity index (χ2v) is 7.18. The fourth-order valence-corrected chi connectivity index (χ4v) is 3.57. The van der Waals surface area contributed by atoms with Crippen molar-refractivity contribution in [3.05, 3.63) is 83.9 Å². The first kappa shape index (κ1) is 19.6. The van der Waals surface area contributed by atoms with Crippen molar-refractivity contribution in [1.82, 2.24) is 5.32 Å². The third kappa shape index (κ3) is 4.06. The average molecular weight is 375 g/mol. The lowest BCUT2D eigenvalue weighted by Gasteiger charge is -2.30. The van der Waals surface area contributed by atoms with Crippen LogP contribution < -0.4 is 5.32 Å². The van der Waals surface area contributed by atoms with Crippen molar-refractivity contribution >= 4 is 22.6 Å². The summed E-state index contributed by atoms with van der Waals surface area (Å²) in [4.78, 5) is 25.7. The van der Waals surface area contributed by atoms with E-state index in [-0.39, 0.29) is 17.8 Å². The smallest absolute Gasteiger partial charge is 0.315 e. The second kappa shape index (κ2) is 8.70. The minimum atomic E-state index is -0.608. The van der Waals surface area contributed by atoms with Gasteiger partial charge in [-0.15, -0.1) is 0 Å². The number of rotatable bonds is 6. The third-order valence-corrected chi connectivity index (χ3v) is 5.02. The predicted molar refractivity (Wildman–Crippen MR) is 111 cm³/mol. The minimum absolute atomic E-state index is 0.0238. The van der Waals surface area contributed by atoms with Gasteiger partial charge in [0.25, 0.3) is 5.91 Å². The lowest BCUT2D eigenvalue weighted by Crippen LogP contribution is -2.45. The fraction of sp³-hybridized carbons (Fsp3) is 0.250. The molecule has 4 nitrogen and oxygen atoms in total. The molecule has 144 valence electrons. The van der Waals surface area contributed by atoms with Gasteiger partial charge in [-0.2, -0.15) is 0 Å². The van der Waals surface area contributed by atoms with Gasteiger partial charge in [-0.3, -0.25) is 9.59 Å². The molecule has 0 heterocycles. The number of hydrogen-bond acceptors (Lipinski definition) is 3. The van der Waals surface area contributed by atoms with Gasteiger partial charge in [0.1, 0.15) is 5.92 Å². The van der Waals surface area contributed by atoms with Crippen LogP contribution in [-0.2, 0) is 9.53 Å². The molecule has 3 aromatic rings. The number of benzene rings is 3. The van der Waals surface area contributed by atoms with Gasteiger partial charge < -0.3 is 10.1 Å². The highest BCUT2D eigenvalue weighted by Gasteiger charge is 2.35. The zero-order valence-electron chi connectivity index (χ0n) is 16.4. The van der Waals surface area contributed by atoms with Gasteiger partial charge in [0.05, 0.1) is 7.11 Å². The Morgan fingerprint density at radius 3 is 2.18 bits per heavy atom. The molecular formula is C24H25NO3. The average Bonchev–Trinajstić information content (AvgIpc) is 2.73. The summed E-state index contributed by atoms with van der Waals surface area (Å²) in [6, 6.07) is 22.4. The maximum absolute atomic E-state index is 12.8. The van der Waals surface area contributed by atoms with Gasteiger partial charge in [0.2, 0.25) is 0 Å². The summed E-state index contributed by atoms with van der Waals surface area (Å²) in [5, 5.41) is 5.10. The standard InChI is InChI=1S/C24H25NO3/c1-16(2)22(25-23(26)18-11-5-4-6-12-18)21(24(27)28-3)20-15-9-13-17-10-7-8-14-19(17)20/h4-16,21-22H,1-3H3,(H,25,26). The zero-order valence-corrected chi connectivity index (χ0v) is 16.4. The van der Waals surface area contributed by atoms with E-state index in [9.17, 15) is 9.59 Å². The molecule has 4 heteroatoms. The van der Waals surface area contributed by atoms with Crippen molar-refractivity contribution in [3.8, 4) is 0 Å². The van der Waals surface area contributed by atoms with E-state index in [1.807, 2.05) is 74.5 Å². The number of hydrogen-bond donors (Lipinski definition) is 1. The molecule has 1 amide bonds. The van der Waals surface area contributed by atoms with Crippen LogP contribution in [0, 0.1) is 5.92 Å². The largest absolute Gasteiger partial charge is 0.468 e. The zero-order chi connectivity index (χ0) is 20.1. The second-order valence-electron chi connectivity index (χ2n) is 7.18. The topological polar surface area (TPSA) is 55.4 Å². The Hall–Kier alpha value is -3.14. The lowest BCUT2D eigenvalue weighted by molar-refractivity contribution is -0.143.